The molecule has 0 unspecified atom stereocenters. The number of benzene rings is 2. The number of nitrogens with zero attached hydrogens (tertiary/aromatic N) is 1. The van der Waals surface area contributed by atoms with Crippen LogP contribution in [0, 0.1) is 0 Å². The summed E-state index contributed by atoms with van der Waals surface area (Å²) >= 11 is 0. The summed E-state index contributed by atoms with van der Waals surface area (Å²) < 4.78 is 4.76. The molecular weight excluding hydrogens is 302 g/mol. The quantitative estimate of drug-likeness (QED) is 0.543. The SMILES string of the molecule is COC(=O)c1ccc(-c2ccccn2)c(C(=O)c2ccccc2)c1. The smallest absolute Gasteiger partial charge is 0.337 e. The number of ether oxygens (including phenoxy) is 1. The molecule has 4 heteroatoms. The molecule has 0 aliphatic rings. The summed E-state index contributed by atoms with van der Waals surface area (Å²) in [5, 5.41) is 0. The van der Waals surface area contributed by atoms with E-state index in [-0.39, 0.29) is 5.78 Å². The third-order valence-corrected chi connectivity index (χ3v) is 3.66. The summed E-state index contributed by atoms with van der Waals surface area (Å²) in [6.07, 6.45) is 1.67. The van der Waals surface area contributed by atoms with Crippen LogP contribution in [0.5, 0.6) is 0 Å². The average Bonchev–Trinajstić information content (AvgIpc) is 2.67. The molecule has 0 radical (unpaired) electrons. The molecule has 0 aliphatic carbocycles. The molecule has 0 bridgehead atoms. The number of carbonyl (C=O) groups excluding carboxylic acids is 2. The Morgan fingerprint density at radius 1 is 0.875 bits per heavy atom. The van der Waals surface area contributed by atoms with Gasteiger partial charge in [0.1, 0.15) is 0 Å². The number of methoxy groups -OCH3 is 1. The minimum Gasteiger partial charge on any atom is -0.465 e. The van der Waals surface area contributed by atoms with E-state index < -0.39 is 5.97 Å². The van der Waals surface area contributed by atoms with Crippen molar-refractivity contribution in [2.45, 2.75) is 0 Å². The molecule has 4 nitrogen and oxygen atoms in total. The molecule has 1 aromatic heterocycles. The number of carbonyl (C=O) groups is 2. The summed E-state index contributed by atoms with van der Waals surface area (Å²) in [5.74, 6) is -0.647. The first-order valence-electron chi connectivity index (χ1n) is 7.44. The highest BCUT2D eigenvalue weighted by Gasteiger charge is 2.18. The fraction of sp³-hybridized carbons (Fsp3) is 0.0500. The van der Waals surface area contributed by atoms with Crippen molar-refractivity contribution < 1.29 is 14.3 Å². The van der Waals surface area contributed by atoms with Crippen molar-refractivity contribution in [2.24, 2.45) is 0 Å². The van der Waals surface area contributed by atoms with Crippen LogP contribution in [-0.4, -0.2) is 23.8 Å². The van der Waals surface area contributed by atoms with Gasteiger partial charge in [-0.2, -0.15) is 0 Å². The second kappa shape index (κ2) is 6.87. The van der Waals surface area contributed by atoms with Crippen LogP contribution < -0.4 is 0 Å². The third-order valence-electron chi connectivity index (χ3n) is 3.66. The lowest BCUT2D eigenvalue weighted by Gasteiger charge is -2.10. The number of aromatic nitrogens is 1. The van der Waals surface area contributed by atoms with Crippen molar-refractivity contribution in [1.29, 1.82) is 0 Å². The molecule has 0 saturated heterocycles. The van der Waals surface area contributed by atoms with Gasteiger partial charge in [-0.05, 0) is 24.3 Å². The zero-order valence-corrected chi connectivity index (χ0v) is 13.1. The molecule has 0 spiro atoms. The first kappa shape index (κ1) is 15.6. The minimum atomic E-state index is -0.482. The first-order chi connectivity index (χ1) is 11.7. The normalized spacial score (nSPS) is 10.2. The Morgan fingerprint density at radius 3 is 2.29 bits per heavy atom. The van der Waals surface area contributed by atoms with Gasteiger partial charge in [0.2, 0.25) is 0 Å². The second-order valence-electron chi connectivity index (χ2n) is 5.16. The standard InChI is InChI=1S/C20H15NO3/c1-24-20(23)15-10-11-16(18-9-5-6-12-21-18)17(13-15)19(22)14-7-3-2-4-8-14/h2-13H,1H3. The minimum absolute atomic E-state index is 0.165. The highest BCUT2D eigenvalue weighted by Crippen LogP contribution is 2.25. The van der Waals surface area contributed by atoms with Gasteiger partial charge in [-0.15, -0.1) is 0 Å². The van der Waals surface area contributed by atoms with Gasteiger partial charge >= 0.3 is 5.97 Å². The van der Waals surface area contributed by atoms with Crippen molar-refractivity contribution in [2.75, 3.05) is 7.11 Å². The molecule has 2 aromatic carbocycles. The third kappa shape index (κ3) is 3.08. The molecule has 0 N–H and O–H groups in total. The molecule has 3 rings (SSSR count). The van der Waals surface area contributed by atoms with Crippen molar-refractivity contribution in [3.63, 3.8) is 0 Å². The lowest BCUT2D eigenvalue weighted by Crippen LogP contribution is -2.08. The second-order valence-corrected chi connectivity index (χ2v) is 5.16. The number of rotatable bonds is 4. The summed E-state index contributed by atoms with van der Waals surface area (Å²) in [6, 6.07) is 19.4. The Morgan fingerprint density at radius 2 is 1.62 bits per heavy atom. The maximum absolute atomic E-state index is 12.9. The van der Waals surface area contributed by atoms with Gasteiger partial charge in [0.05, 0.1) is 18.4 Å². The molecule has 0 atom stereocenters. The summed E-state index contributed by atoms with van der Waals surface area (Å²) in [7, 11) is 1.31. The van der Waals surface area contributed by atoms with Crippen LogP contribution in [0.25, 0.3) is 11.3 Å². The fourth-order valence-electron chi connectivity index (χ4n) is 2.47. The van der Waals surface area contributed by atoms with E-state index in [4.69, 9.17) is 4.74 Å². The van der Waals surface area contributed by atoms with E-state index in [2.05, 4.69) is 4.98 Å². The van der Waals surface area contributed by atoms with Gasteiger partial charge in [-0.3, -0.25) is 9.78 Å². The Balaban J connectivity index is 2.16. The van der Waals surface area contributed by atoms with Crippen molar-refractivity contribution in [3.8, 4) is 11.3 Å². The molecular formula is C20H15NO3. The summed E-state index contributed by atoms with van der Waals surface area (Å²) in [5.41, 5.74) is 2.65. The van der Waals surface area contributed by atoms with Gasteiger partial charge < -0.3 is 4.74 Å². The zero-order chi connectivity index (χ0) is 16.9. The monoisotopic (exact) mass is 317 g/mol. The van der Waals surface area contributed by atoms with Crippen LogP contribution in [0.15, 0.2) is 72.9 Å². The Kier molecular flexibility index (Phi) is 4.47. The van der Waals surface area contributed by atoms with Crippen molar-refractivity contribution >= 4 is 11.8 Å². The molecule has 0 saturated carbocycles. The number of hydrogen-bond donors (Lipinski definition) is 0. The average molecular weight is 317 g/mol. The zero-order valence-electron chi connectivity index (χ0n) is 13.1. The van der Waals surface area contributed by atoms with E-state index in [1.165, 1.54) is 7.11 Å². The number of ketones is 1. The van der Waals surface area contributed by atoms with Gasteiger partial charge in [0, 0.05) is 22.9 Å². The van der Waals surface area contributed by atoms with Crippen LogP contribution in [0.3, 0.4) is 0 Å². The van der Waals surface area contributed by atoms with Crippen LogP contribution >= 0.6 is 0 Å². The summed E-state index contributed by atoms with van der Waals surface area (Å²) in [4.78, 5) is 29.1. The predicted molar refractivity (Wildman–Crippen MR) is 90.9 cm³/mol. The van der Waals surface area contributed by atoms with E-state index in [1.54, 1.807) is 48.7 Å². The Bertz CT molecular complexity index is 874. The molecule has 24 heavy (non-hydrogen) atoms. The maximum Gasteiger partial charge on any atom is 0.337 e. The molecule has 0 fully saturated rings. The maximum atomic E-state index is 12.9. The Labute approximate surface area is 139 Å². The van der Waals surface area contributed by atoms with Crippen LogP contribution in [0.1, 0.15) is 26.3 Å². The van der Waals surface area contributed by atoms with Gasteiger partial charge in [-0.1, -0.05) is 42.5 Å². The van der Waals surface area contributed by atoms with Crippen LogP contribution in [0.4, 0.5) is 0 Å². The number of pyridine rings is 1. The Hall–Kier alpha value is -3.27. The topological polar surface area (TPSA) is 56.3 Å². The summed E-state index contributed by atoms with van der Waals surface area (Å²) in [6.45, 7) is 0. The van der Waals surface area contributed by atoms with Crippen molar-refractivity contribution in [1.82, 2.24) is 4.98 Å². The van der Waals surface area contributed by atoms with E-state index >= 15 is 0 Å². The predicted octanol–water partition coefficient (Wildman–Crippen LogP) is 3.77. The van der Waals surface area contributed by atoms with Crippen LogP contribution in [-0.2, 0) is 4.74 Å². The largest absolute Gasteiger partial charge is 0.465 e. The van der Waals surface area contributed by atoms with E-state index in [9.17, 15) is 9.59 Å². The van der Waals surface area contributed by atoms with Gasteiger partial charge in [0.15, 0.2) is 5.78 Å². The highest BCUT2D eigenvalue weighted by atomic mass is 16.5. The van der Waals surface area contributed by atoms with Crippen molar-refractivity contribution in [3.05, 3.63) is 89.6 Å². The molecule has 1 heterocycles. The number of hydrogen-bond acceptors (Lipinski definition) is 4. The van der Waals surface area contributed by atoms with Crippen LogP contribution in [0.2, 0.25) is 0 Å². The first-order valence-corrected chi connectivity index (χ1v) is 7.44. The lowest BCUT2D eigenvalue weighted by atomic mass is 9.94. The fourth-order valence-corrected chi connectivity index (χ4v) is 2.47. The highest BCUT2D eigenvalue weighted by molar-refractivity contribution is 6.13. The molecule has 118 valence electrons. The van der Waals surface area contributed by atoms with E-state index in [1.807, 2.05) is 24.3 Å². The lowest BCUT2D eigenvalue weighted by molar-refractivity contribution is 0.0600. The van der Waals surface area contributed by atoms with Gasteiger partial charge in [-0.25, -0.2) is 4.79 Å². The van der Waals surface area contributed by atoms with E-state index in [0.29, 0.717) is 27.9 Å². The molecule has 0 amide bonds. The molecule has 3 aromatic rings. The number of esters is 1. The molecule has 0 aliphatic heterocycles. The van der Waals surface area contributed by atoms with Gasteiger partial charge in [0.25, 0.3) is 0 Å². The van der Waals surface area contributed by atoms with E-state index in [0.717, 1.165) is 0 Å².